The third kappa shape index (κ3) is 2.60. The molecule has 1 heterocycles. The number of aryl methyl sites for hydroxylation is 1. The van der Waals surface area contributed by atoms with Crippen LogP contribution in [0.2, 0.25) is 0 Å². The molecule has 15 heavy (non-hydrogen) atoms. The van der Waals surface area contributed by atoms with E-state index in [-0.39, 0.29) is 0 Å². The first kappa shape index (κ1) is 10.7. The lowest BCUT2D eigenvalue weighted by Crippen LogP contribution is -2.29. The normalized spacial score (nSPS) is 19.3. The smallest absolute Gasteiger partial charge is 0.00159 e. The van der Waals surface area contributed by atoms with Crippen LogP contribution in [-0.4, -0.2) is 25.0 Å². The van der Waals surface area contributed by atoms with E-state index in [9.17, 15) is 0 Å². The molecule has 81 valence electrons. The van der Waals surface area contributed by atoms with Crippen LogP contribution in [0.25, 0.3) is 0 Å². The van der Waals surface area contributed by atoms with Crippen molar-refractivity contribution < 1.29 is 0 Å². The Balaban J connectivity index is 2.08. The molecule has 1 heteroatoms. The Labute approximate surface area is 93.1 Å². The standard InChI is InChI=1S/C14H20N/c1-3-12-5-4-6-14(11-12)13-7-9-15(2)10-8-13/h4-5,11,13H,3,7-10H2,1-2H3. The Kier molecular flexibility index (Phi) is 3.42. The molecule has 2 rings (SSSR count). The van der Waals surface area contributed by atoms with E-state index >= 15 is 0 Å². The second-order valence-corrected chi connectivity index (χ2v) is 4.58. The lowest BCUT2D eigenvalue weighted by molar-refractivity contribution is 0.255. The molecule has 0 saturated carbocycles. The van der Waals surface area contributed by atoms with E-state index in [0.717, 1.165) is 12.3 Å². The van der Waals surface area contributed by atoms with Crippen LogP contribution in [0.5, 0.6) is 0 Å². The van der Waals surface area contributed by atoms with Crippen LogP contribution < -0.4 is 0 Å². The summed E-state index contributed by atoms with van der Waals surface area (Å²) in [5.74, 6) is 0.743. The van der Waals surface area contributed by atoms with Gasteiger partial charge in [0.1, 0.15) is 0 Å². The molecule has 0 bridgehead atoms. The summed E-state index contributed by atoms with van der Waals surface area (Å²) < 4.78 is 0. The molecule has 1 aromatic carbocycles. The fourth-order valence-corrected chi connectivity index (χ4v) is 2.31. The molecule has 1 fully saturated rings. The van der Waals surface area contributed by atoms with Crippen molar-refractivity contribution in [1.29, 1.82) is 0 Å². The highest BCUT2D eigenvalue weighted by molar-refractivity contribution is 5.25. The Morgan fingerprint density at radius 1 is 1.40 bits per heavy atom. The highest BCUT2D eigenvalue weighted by Gasteiger charge is 2.18. The van der Waals surface area contributed by atoms with Crippen molar-refractivity contribution in [2.24, 2.45) is 0 Å². The van der Waals surface area contributed by atoms with E-state index in [0.29, 0.717) is 0 Å². The summed E-state index contributed by atoms with van der Waals surface area (Å²) in [6.07, 6.45) is 3.72. The van der Waals surface area contributed by atoms with Crippen LogP contribution in [-0.2, 0) is 6.42 Å². The average molecular weight is 202 g/mol. The van der Waals surface area contributed by atoms with E-state index in [1.807, 2.05) is 0 Å². The number of benzene rings is 1. The number of rotatable bonds is 2. The van der Waals surface area contributed by atoms with Gasteiger partial charge in [-0.2, -0.15) is 0 Å². The van der Waals surface area contributed by atoms with E-state index in [4.69, 9.17) is 0 Å². The molecule has 0 amide bonds. The number of piperidine rings is 1. The second-order valence-electron chi connectivity index (χ2n) is 4.58. The lowest BCUT2D eigenvalue weighted by Gasteiger charge is -2.29. The summed E-state index contributed by atoms with van der Waals surface area (Å²) in [6.45, 7) is 4.68. The first-order valence-electron chi connectivity index (χ1n) is 5.98. The van der Waals surface area contributed by atoms with Gasteiger partial charge in [-0.1, -0.05) is 25.1 Å². The fourth-order valence-electron chi connectivity index (χ4n) is 2.31. The quantitative estimate of drug-likeness (QED) is 0.713. The zero-order valence-electron chi connectivity index (χ0n) is 9.79. The Morgan fingerprint density at radius 3 is 2.80 bits per heavy atom. The van der Waals surface area contributed by atoms with Gasteiger partial charge in [-0.05, 0) is 62.5 Å². The van der Waals surface area contributed by atoms with Crippen molar-refractivity contribution in [1.82, 2.24) is 4.90 Å². The number of hydrogen-bond donors (Lipinski definition) is 0. The molecule has 1 aromatic rings. The molecular formula is C14H20N. The van der Waals surface area contributed by atoms with Gasteiger partial charge < -0.3 is 4.90 Å². The third-order valence-electron chi connectivity index (χ3n) is 3.45. The molecule has 0 unspecified atom stereocenters. The van der Waals surface area contributed by atoms with Crippen LogP contribution in [0.4, 0.5) is 0 Å². The molecular weight excluding hydrogens is 182 g/mol. The fraction of sp³-hybridized carbons (Fsp3) is 0.571. The minimum atomic E-state index is 0.743. The van der Waals surface area contributed by atoms with Gasteiger partial charge in [0.15, 0.2) is 0 Å². The van der Waals surface area contributed by atoms with Crippen LogP contribution in [0.15, 0.2) is 18.2 Å². The van der Waals surface area contributed by atoms with Crippen LogP contribution in [0.3, 0.4) is 0 Å². The predicted octanol–water partition coefficient (Wildman–Crippen LogP) is 2.86. The van der Waals surface area contributed by atoms with Gasteiger partial charge in [-0.15, -0.1) is 0 Å². The van der Waals surface area contributed by atoms with Gasteiger partial charge in [-0.25, -0.2) is 0 Å². The molecule has 1 saturated heterocycles. The maximum Gasteiger partial charge on any atom is -0.00159 e. The monoisotopic (exact) mass is 202 g/mol. The van der Waals surface area contributed by atoms with E-state index in [1.165, 1.54) is 37.1 Å². The average Bonchev–Trinajstić information content (AvgIpc) is 2.30. The van der Waals surface area contributed by atoms with E-state index in [2.05, 4.69) is 43.1 Å². The van der Waals surface area contributed by atoms with Gasteiger partial charge in [0.2, 0.25) is 0 Å². The number of hydrogen-bond acceptors (Lipinski definition) is 1. The molecule has 0 spiro atoms. The topological polar surface area (TPSA) is 3.24 Å². The number of nitrogens with zero attached hydrogens (tertiary/aromatic N) is 1. The van der Waals surface area contributed by atoms with E-state index < -0.39 is 0 Å². The molecule has 1 aliphatic heterocycles. The number of likely N-dealkylation sites (tertiary alicyclic amines) is 1. The lowest BCUT2D eigenvalue weighted by atomic mass is 9.88. The van der Waals surface area contributed by atoms with Crippen molar-refractivity contribution in [3.05, 3.63) is 35.4 Å². The van der Waals surface area contributed by atoms with Crippen molar-refractivity contribution in [3.63, 3.8) is 0 Å². The third-order valence-corrected chi connectivity index (χ3v) is 3.45. The zero-order chi connectivity index (χ0) is 10.7. The van der Waals surface area contributed by atoms with E-state index in [1.54, 1.807) is 0 Å². The summed E-state index contributed by atoms with van der Waals surface area (Å²) >= 11 is 0. The van der Waals surface area contributed by atoms with Crippen LogP contribution >= 0.6 is 0 Å². The maximum absolute atomic E-state index is 3.41. The first-order valence-corrected chi connectivity index (χ1v) is 5.98. The highest BCUT2D eigenvalue weighted by Crippen LogP contribution is 2.27. The Hall–Kier alpha value is -0.820. The first-order chi connectivity index (χ1) is 7.29. The summed E-state index contributed by atoms with van der Waals surface area (Å²) in [4.78, 5) is 2.42. The van der Waals surface area contributed by atoms with Crippen molar-refractivity contribution in [3.8, 4) is 0 Å². The summed E-state index contributed by atoms with van der Waals surface area (Å²) in [7, 11) is 2.21. The molecule has 0 N–H and O–H groups in total. The van der Waals surface area contributed by atoms with Gasteiger partial charge >= 0.3 is 0 Å². The molecule has 1 nitrogen and oxygen atoms in total. The summed E-state index contributed by atoms with van der Waals surface area (Å²) in [6, 6.07) is 10.0. The van der Waals surface area contributed by atoms with Crippen LogP contribution in [0, 0.1) is 6.07 Å². The van der Waals surface area contributed by atoms with Crippen molar-refractivity contribution >= 4 is 0 Å². The maximum atomic E-state index is 3.41. The minimum Gasteiger partial charge on any atom is -0.306 e. The largest absolute Gasteiger partial charge is 0.306 e. The molecule has 0 aliphatic carbocycles. The second kappa shape index (κ2) is 4.80. The van der Waals surface area contributed by atoms with Crippen molar-refractivity contribution in [2.45, 2.75) is 32.1 Å². The molecule has 0 atom stereocenters. The predicted molar refractivity (Wildman–Crippen MR) is 64.1 cm³/mol. The van der Waals surface area contributed by atoms with Crippen molar-refractivity contribution in [2.75, 3.05) is 20.1 Å². The minimum absolute atomic E-state index is 0.743. The molecule has 1 aliphatic rings. The van der Waals surface area contributed by atoms with Gasteiger partial charge in [0, 0.05) is 0 Å². The zero-order valence-corrected chi connectivity index (χ0v) is 9.79. The highest BCUT2D eigenvalue weighted by atomic mass is 15.1. The summed E-state index contributed by atoms with van der Waals surface area (Å²) in [5, 5.41) is 0. The summed E-state index contributed by atoms with van der Waals surface area (Å²) in [5.41, 5.74) is 2.88. The van der Waals surface area contributed by atoms with Gasteiger partial charge in [-0.3, -0.25) is 0 Å². The Morgan fingerprint density at radius 2 is 2.13 bits per heavy atom. The molecule has 0 aromatic heterocycles. The SMILES string of the molecule is CCc1cc[c]c(C2CCN(C)CC2)c1. The van der Waals surface area contributed by atoms with Gasteiger partial charge in [0.25, 0.3) is 0 Å². The van der Waals surface area contributed by atoms with Gasteiger partial charge in [0.05, 0.1) is 0 Å². The molecule has 1 radical (unpaired) electrons. The Bertz CT molecular complexity index is 311. The van der Waals surface area contributed by atoms with Crippen LogP contribution in [0.1, 0.15) is 36.8 Å².